The van der Waals surface area contributed by atoms with Crippen molar-refractivity contribution in [2.45, 2.75) is 19.9 Å². The van der Waals surface area contributed by atoms with E-state index in [-0.39, 0.29) is 18.4 Å². The summed E-state index contributed by atoms with van der Waals surface area (Å²) in [5.74, 6) is -0.238. The summed E-state index contributed by atoms with van der Waals surface area (Å²) in [5, 5.41) is 5.21. The van der Waals surface area contributed by atoms with Gasteiger partial charge in [-0.2, -0.15) is 0 Å². The van der Waals surface area contributed by atoms with Crippen LogP contribution in [0.25, 0.3) is 0 Å². The second-order valence-electron chi connectivity index (χ2n) is 5.38. The highest BCUT2D eigenvalue weighted by molar-refractivity contribution is 6.08. The Hall–Kier alpha value is -2.57. The van der Waals surface area contributed by atoms with Gasteiger partial charge in [-0.1, -0.05) is 19.9 Å². The maximum Gasteiger partial charge on any atom is 0.325 e. The van der Waals surface area contributed by atoms with E-state index in [0.717, 1.165) is 4.90 Å². The highest BCUT2D eigenvalue weighted by atomic mass is 16.5. The standard InChI is InChI=1S/C15H19N3O4/c1-9(2)13-14(20)18(15(21)17-13)8-12(19)16-10-5-4-6-11(7-10)22-3/h4-7,9,13H,8H2,1-3H3,(H,16,19)(H,17,21)/t13-/m1/s1. The molecule has 1 saturated heterocycles. The molecule has 1 aromatic carbocycles. The van der Waals surface area contributed by atoms with Gasteiger partial charge in [-0.05, 0) is 18.1 Å². The zero-order chi connectivity index (χ0) is 16.3. The van der Waals surface area contributed by atoms with E-state index in [0.29, 0.717) is 11.4 Å². The molecule has 22 heavy (non-hydrogen) atoms. The summed E-state index contributed by atoms with van der Waals surface area (Å²) in [6, 6.07) is 5.72. The van der Waals surface area contributed by atoms with Crippen LogP contribution in [0.1, 0.15) is 13.8 Å². The number of carbonyl (C=O) groups is 3. The van der Waals surface area contributed by atoms with Gasteiger partial charge in [-0.3, -0.25) is 14.5 Å². The molecule has 1 aliphatic heterocycles. The molecule has 7 nitrogen and oxygen atoms in total. The molecule has 0 bridgehead atoms. The van der Waals surface area contributed by atoms with Crippen LogP contribution in [0, 0.1) is 5.92 Å². The lowest BCUT2D eigenvalue weighted by atomic mass is 10.1. The lowest BCUT2D eigenvalue weighted by Crippen LogP contribution is -2.39. The number of nitrogens with zero attached hydrogens (tertiary/aromatic N) is 1. The van der Waals surface area contributed by atoms with E-state index >= 15 is 0 Å². The van der Waals surface area contributed by atoms with Crippen molar-refractivity contribution in [2.75, 3.05) is 19.0 Å². The van der Waals surface area contributed by atoms with Crippen LogP contribution < -0.4 is 15.4 Å². The van der Waals surface area contributed by atoms with Gasteiger partial charge in [-0.25, -0.2) is 4.79 Å². The molecular weight excluding hydrogens is 286 g/mol. The summed E-state index contributed by atoms with van der Waals surface area (Å²) in [5.41, 5.74) is 0.539. The Morgan fingerprint density at radius 1 is 1.41 bits per heavy atom. The molecule has 0 radical (unpaired) electrons. The largest absolute Gasteiger partial charge is 0.497 e. The van der Waals surface area contributed by atoms with Gasteiger partial charge in [-0.15, -0.1) is 0 Å². The first kappa shape index (κ1) is 15.8. The van der Waals surface area contributed by atoms with Crippen molar-refractivity contribution in [3.63, 3.8) is 0 Å². The van der Waals surface area contributed by atoms with Crippen LogP contribution in [-0.2, 0) is 9.59 Å². The minimum Gasteiger partial charge on any atom is -0.497 e. The van der Waals surface area contributed by atoms with E-state index < -0.39 is 18.0 Å². The summed E-state index contributed by atoms with van der Waals surface area (Å²) < 4.78 is 5.06. The molecule has 7 heteroatoms. The molecule has 0 spiro atoms. The van der Waals surface area contributed by atoms with Crippen molar-refractivity contribution in [1.29, 1.82) is 0 Å². The highest BCUT2D eigenvalue weighted by Gasteiger charge is 2.40. The molecule has 0 aromatic heterocycles. The Morgan fingerprint density at radius 3 is 2.73 bits per heavy atom. The molecule has 2 N–H and O–H groups in total. The monoisotopic (exact) mass is 305 g/mol. The molecule has 1 fully saturated rings. The third kappa shape index (κ3) is 3.36. The number of carbonyl (C=O) groups excluding carboxylic acids is 3. The molecule has 2 rings (SSSR count). The maximum absolute atomic E-state index is 12.1. The summed E-state index contributed by atoms with van der Waals surface area (Å²) in [7, 11) is 1.53. The topological polar surface area (TPSA) is 87.7 Å². The van der Waals surface area contributed by atoms with Crippen molar-refractivity contribution >= 4 is 23.5 Å². The first-order valence-corrected chi connectivity index (χ1v) is 6.98. The van der Waals surface area contributed by atoms with Crippen molar-refractivity contribution in [3.8, 4) is 5.75 Å². The number of ether oxygens (including phenoxy) is 1. The van der Waals surface area contributed by atoms with E-state index in [9.17, 15) is 14.4 Å². The van der Waals surface area contributed by atoms with E-state index in [4.69, 9.17) is 4.74 Å². The van der Waals surface area contributed by atoms with E-state index in [1.807, 2.05) is 13.8 Å². The number of anilines is 1. The van der Waals surface area contributed by atoms with Crippen molar-refractivity contribution in [2.24, 2.45) is 5.92 Å². The van der Waals surface area contributed by atoms with Crippen LogP contribution in [0.4, 0.5) is 10.5 Å². The average Bonchev–Trinajstić information content (AvgIpc) is 2.75. The second-order valence-corrected chi connectivity index (χ2v) is 5.38. The molecule has 118 valence electrons. The van der Waals surface area contributed by atoms with Crippen LogP contribution in [0.2, 0.25) is 0 Å². The Kier molecular flexibility index (Phi) is 4.65. The fourth-order valence-corrected chi connectivity index (χ4v) is 2.19. The lowest BCUT2D eigenvalue weighted by molar-refractivity contribution is -0.131. The molecule has 4 amide bonds. The molecule has 1 aromatic rings. The number of nitrogens with one attached hydrogen (secondary N) is 2. The molecule has 1 aliphatic rings. The minimum atomic E-state index is -0.572. The number of hydrogen-bond acceptors (Lipinski definition) is 4. The molecular formula is C15H19N3O4. The summed E-state index contributed by atoms with van der Waals surface area (Å²) >= 11 is 0. The zero-order valence-corrected chi connectivity index (χ0v) is 12.8. The summed E-state index contributed by atoms with van der Waals surface area (Å²) in [6.45, 7) is 3.36. The number of benzene rings is 1. The van der Waals surface area contributed by atoms with E-state index in [1.165, 1.54) is 7.11 Å². The van der Waals surface area contributed by atoms with E-state index in [1.54, 1.807) is 24.3 Å². The quantitative estimate of drug-likeness (QED) is 0.800. The second kappa shape index (κ2) is 6.46. The van der Waals surface area contributed by atoms with Crippen molar-refractivity contribution < 1.29 is 19.1 Å². The van der Waals surface area contributed by atoms with Gasteiger partial charge >= 0.3 is 6.03 Å². The number of amides is 4. The van der Waals surface area contributed by atoms with Crippen LogP contribution in [-0.4, -0.2) is 42.4 Å². The Balaban J connectivity index is 2.00. The maximum atomic E-state index is 12.1. The zero-order valence-electron chi connectivity index (χ0n) is 12.8. The van der Waals surface area contributed by atoms with Gasteiger partial charge in [0.15, 0.2) is 0 Å². The van der Waals surface area contributed by atoms with E-state index in [2.05, 4.69) is 10.6 Å². The number of methoxy groups -OCH3 is 1. The number of imide groups is 1. The SMILES string of the molecule is COc1cccc(NC(=O)CN2C(=O)N[C@H](C(C)C)C2=O)c1. The van der Waals surface area contributed by atoms with Crippen molar-refractivity contribution in [3.05, 3.63) is 24.3 Å². The smallest absolute Gasteiger partial charge is 0.325 e. The fraction of sp³-hybridized carbons (Fsp3) is 0.400. The molecule has 1 atom stereocenters. The first-order chi connectivity index (χ1) is 10.4. The lowest BCUT2D eigenvalue weighted by Gasteiger charge is -2.14. The average molecular weight is 305 g/mol. The Labute approximate surface area is 128 Å². The van der Waals surface area contributed by atoms with Crippen LogP contribution in [0.5, 0.6) is 5.75 Å². The third-order valence-corrected chi connectivity index (χ3v) is 3.38. The fourth-order valence-electron chi connectivity index (χ4n) is 2.19. The van der Waals surface area contributed by atoms with Gasteiger partial charge in [0.1, 0.15) is 18.3 Å². The summed E-state index contributed by atoms with van der Waals surface area (Å²) in [6.07, 6.45) is 0. The van der Waals surface area contributed by atoms with Gasteiger partial charge in [0.2, 0.25) is 5.91 Å². The van der Waals surface area contributed by atoms with Gasteiger partial charge < -0.3 is 15.4 Å². The van der Waals surface area contributed by atoms with Gasteiger partial charge in [0.05, 0.1) is 7.11 Å². The van der Waals surface area contributed by atoms with Gasteiger partial charge in [0, 0.05) is 11.8 Å². The predicted molar refractivity (Wildman–Crippen MR) is 80.5 cm³/mol. The third-order valence-electron chi connectivity index (χ3n) is 3.38. The minimum absolute atomic E-state index is 0.0251. The van der Waals surface area contributed by atoms with Crippen LogP contribution in [0.3, 0.4) is 0 Å². The number of hydrogen-bond donors (Lipinski definition) is 2. The molecule has 1 heterocycles. The number of rotatable bonds is 5. The number of urea groups is 1. The van der Waals surface area contributed by atoms with Gasteiger partial charge in [0.25, 0.3) is 5.91 Å². The summed E-state index contributed by atoms with van der Waals surface area (Å²) in [4.78, 5) is 36.8. The molecule has 0 unspecified atom stereocenters. The molecule has 0 saturated carbocycles. The van der Waals surface area contributed by atoms with Crippen LogP contribution >= 0.6 is 0 Å². The normalized spacial score (nSPS) is 17.6. The Bertz CT molecular complexity index is 600. The highest BCUT2D eigenvalue weighted by Crippen LogP contribution is 2.17. The van der Waals surface area contributed by atoms with Crippen LogP contribution in [0.15, 0.2) is 24.3 Å². The Morgan fingerprint density at radius 2 is 2.14 bits per heavy atom. The predicted octanol–water partition coefficient (Wildman–Crippen LogP) is 1.21. The molecule has 0 aliphatic carbocycles. The van der Waals surface area contributed by atoms with Crippen molar-refractivity contribution in [1.82, 2.24) is 10.2 Å². The first-order valence-electron chi connectivity index (χ1n) is 6.98.